The minimum Gasteiger partial charge on any atom is -0.302 e. The van der Waals surface area contributed by atoms with E-state index in [0.717, 1.165) is 21.0 Å². The van der Waals surface area contributed by atoms with Crippen LogP contribution in [0.4, 0.5) is 23.0 Å². The lowest BCUT2D eigenvalue weighted by molar-refractivity contribution is 0.752. The molecule has 0 saturated heterocycles. The fraction of sp³-hybridized carbons (Fsp3) is 0.158. The van der Waals surface area contributed by atoms with Crippen LogP contribution < -0.4 is 9.80 Å². The smallest absolute Gasteiger partial charge is 0.179 e. The fourth-order valence-electron chi connectivity index (χ4n) is 3.23. The lowest BCUT2D eigenvalue weighted by Crippen LogP contribution is -2.35. The van der Waals surface area contributed by atoms with Crippen LogP contribution in [0, 0.1) is 10.6 Å². The van der Waals surface area contributed by atoms with Crippen molar-refractivity contribution in [2.45, 2.75) is 20.0 Å². The zero-order chi connectivity index (χ0) is 16.7. The summed E-state index contributed by atoms with van der Waals surface area (Å²) in [6, 6.07) is 18.8. The molecule has 3 aromatic rings. The molecular formula is C19H17IN4. The van der Waals surface area contributed by atoms with E-state index in [0.29, 0.717) is 0 Å². The van der Waals surface area contributed by atoms with Gasteiger partial charge in [0.2, 0.25) is 0 Å². The van der Waals surface area contributed by atoms with Crippen LogP contribution in [0.3, 0.4) is 0 Å². The van der Waals surface area contributed by atoms with Crippen molar-refractivity contribution >= 4 is 45.6 Å². The Bertz CT molecular complexity index is 882. The van der Waals surface area contributed by atoms with Crippen LogP contribution in [0.2, 0.25) is 0 Å². The van der Waals surface area contributed by atoms with E-state index in [1.54, 1.807) is 0 Å². The molecule has 1 aliphatic rings. The molecule has 1 unspecified atom stereocenters. The van der Waals surface area contributed by atoms with Gasteiger partial charge in [-0.05, 0) is 60.2 Å². The summed E-state index contributed by atoms with van der Waals surface area (Å²) in [5.41, 5.74) is 3.52. The van der Waals surface area contributed by atoms with E-state index in [9.17, 15) is 0 Å². The van der Waals surface area contributed by atoms with E-state index in [1.807, 2.05) is 12.3 Å². The Morgan fingerprint density at radius 3 is 2.38 bits per heavy atom. The molecule has 0 N–H and O–H groups in total. The molecule has 4 nitrogen and oxygen atoms in total. The van der Waals surface area contributed by atoms with Gasteiger partial charge in [-0.15, -0.1) is 0 Å². The van der Waals surface area contributed by atoms with Gasteiger partial charge in [-0.3, -0.25) is 0 Å². The van der Waals surface area contributed by atoms with Gasteiger partial charge >= 0.3 is 0 Å². The van der Waals surface area contributed by atoms with Crippen LogP contribution in [-0.4, -0.2) is 16.1 Å². The summed E-state index contributed by atoms with van der Waals surface area (Å²) in [6.07, 6.45) is 1.92. The third-order valence-corrected chi connectivity index (χ3v) is 4.84. The maximum absolute atomic E-state index is 4.78. The topological polar surface area (TPSA) is 32.3 Å². The zero-order valence-corrected chi connectivity index (χ0v) is 15.7. The molecule has 1 aromatic heterocycles. The number of anilines is 4. The molecule has 0 fully saturated rings. The highest BCUT2D eigenvalue weighted by atomic mass is 127. The van der Waals surface area contributed by atoms with Crippen molar-refractivity contribution in [3.63, 3.8) is 0 Å². The van der Waals surface area contributed by atoms with Gasteiger partial charge in [0.25, 0.3) is 0 Å². The van der Waals surface area contributed by atoms with Gasteiger partial charge < -0.3 is 9.80 Å². The molecule has 0 saturated carbocycles. The molecule has 1 aliphatic heterocycles. The van der Waals surface area contributed by atoms with Crippen molar-refractivity contribution in [3.8, 4) is 0 Å². The van der Waals surface area contributed by atoms with Crippen molar-refractivity contribution in [2.24, 2.45) is 0 Å². The van der Waals surface area contributed by atoms with Crippen molar-refractivity contribution in [1.29, 1.82) is 0 Å². The van der Waals surface area contributed by atoms with E-state index in [2.05, 4.69) is 94.8 Å². The monoisotopic (exact) mass is 428 g/mol. The van der Waals surface area contributed by atoms with E-state index >= 15 is 0 Å². The van der Waals surface area contributed by atoms with Crippen LogP contribution in [-0.2, 0) is 0 Å². The summed E-state index contributed by atoms with van der Waals surface area (Å²) < 4.78 is 0.895. The molecule has 0 amide bonds. The minimum atomic E-state index is 0.0988. The molecular weight excluding hydrogens is 411 g/mol. The van der Waals surface area contributed by atoms with Gasteiger partial charge in [-0.2, -0.15) is 0 Å². The second-order valence-electron chi connectivity index (χ2n) is 5.83. The number of rotatable bonds is 2. The van der Waals surface area contributed by atoms with E-state index in [1.165, 1.54) is 11.3 Å². The Morgan fingerprint density at radius 1 is 0.917 bits per heavy atom. The van der Waals surface area contributed by atoms with Crippen LogP contribution in [0.15, 0.2) is 60.8 Å². The predicted octanol–water partition coefficient (Wildman–Crippen LogP) is 5.03. The number of hydrogen-bond acceptors (Lipinski definition) is 4. The molecule has 2 heterocycles. The van der Waals surface area contributed by atoms with Crippen molar-refractivity contribution in [3.05, 3.63) is 70.1 Å². The highest BCUT2D eigenvalue weighted by Crippen LogP contribution is 2.45. The second-order valence-corrected chi connectivity index (χ2v) is 6.94. The zero-order valence-electron chi connectivity index (χ0n) is 13.5. The SMILES string of the molecule is Cc1ccccc1N1c2ncc(I)nc2N(c2ccccc2)C1C. The third kappa shape index (κ3) is 2.43. The first-order valence-corrected chi connectivity index (χ1v) is 8.96. The Morgan fingerprint density at radius 2 is 1.62 bits per heavy atom. The molecule has 0 radical (unpaired) electrons. The first-order valence-electron chi connectivity index (χ1n) is 7.88. The molecule has 0 spiro atoms. The van der Waals surface area contributed by atoms with Gasteiger partial charge in [0.05, 0.1) is 6.20 Å². The Hall–Kier alpha value is -2.15. The van der Waals surface area contributed by atoms with Crippen LogP contribution in [0.25, 0.3) is 0 Å². The Balaban J connectivity index is 1.91. The number of para-hydroxylation sites is 2. The normalized spacial score (nSPS) is 16.4. The van der Waals surface area contributed by atoms with Crippen LogP contribution >= 0.6 is 22.6 Å². The molecule has 2 aromatic carbocycles. The maximum Gasteiger partial charge on any atom is 0.179 e. The van der Waals surface area contributed by atoms with Gasteiger partial charge in [0.15, 0.2) is 11.6 Å². The molecule has 120 valence electrons. The Labute approximate surface area is 155 Å². The molecule has 1 atom stereocenters. The fourth-order valence-corrected chi connectivity index (χ4v) is 3.60. The van der Waals surface area contributed by atoms with Gasteiger partial charge in [-0.1, -0.05) is 36.4 Å². The highest BCUT2D eigenvalue weighted by molar-refractivity contribution is 14.1. The molecule has 4 rings (SSSR count). The number of aromatic nitrogens is 2. The first kappa shape index (κ1) is 15.4. The molecule has 0 aliphatic carbocycles. The standard InChI is InChI=1S/C19H17IN4/c1-13-8-6-7-11-16(13)24-14(2)23(15-9-4-3-5-10-15)19-18(24)21-12-17(20)22-19/h3-12,14H,1-2H3. The van der Waals surface area contributed by atoms with Gasteiger partial charge in [0.1, 0.15) is 9.87 Å². The van der Waals surface area contributed by atoms with Crippen molar-refractivity contribution in [1.82, 2.24) is 9.97 Å². The van der Waals surface area contributed by atoms with Crippen LogP contribution in [0.5, 0.6) is 0 Å². The summed E-state index contributed by atoms with van der Waals surface area (Å²) in [4.78, 5) is 14.0. The number of benzene rings is 2. The van der Waals surface area contributed by atoms with Gasteiger partial charge in [-0.25, -0.2) is 9.97 Å². The summed E-state index contributed by atoms with van der Waals surface area (Å²) in [6.45, 7) is 4.32. The number of fused-ring (bicyclic) bond motifs is 1. The summed E-state index contributed by atoms with van der Waals surface area (Å²) in [7, 11) is 0. The highest BCUT2D eigenvalue weighted by Gasteiger charge is 2.37. The summed E-state index contributed by atoms with van der Waals surface area (Å²) in [5.74, 6) is 1.81. The molecule has 5 heteroatoms. The van der Waals surface area contributed by atoms with E-state index < -0.39 is 0 Å². The lowest BCUT2D eigenvalue weighted by Gasteiger charge is -2.30. The Kier molecular flexibility index (Phi) is 3.88. The predicted molar refractivity (Wildman–Crippen MR) is 106 cm³/mol. The molecule has 0 bridgehead atoms. The lowest BCUT2D eigenvalue weighted by atomic mass is 10.2. The van der Waals surface area contributed by atoms with Crippen molar-refractivity contribution in [2.75, 3.05) is 9.80 Å². The van der Waals surface area contributed by atoms with Gasteiger partial charge in [0, 0.05) is 11.4 Å². The van der Waals surface area contributed by atoms with Crippen LogP contribution in [0.1, 0.15) is 12.5 Å². The number of halogens is 1. The summed E-state index contributed by atoms with van der Waals surface area (Å²) >= 11 is 2.22. The van der Waals surface area contributed by atoms with E-state index in [-0.39, 0.29) is 6.17 Å². The van der Waals surface area contributed by atoms with Crippen molar-refractivity contribution < 1.29 is 0 Å². The quantitative estimate of drug-likeness (QED) is 0.537. The maximum atomic E-state index is 4.78. The minimum absolute atomic E-state index is 0.0988. The number of hydrogen-bond donors (Lipinski definition) is 0. The van der Waals surface area contributed by atoms with E-state index in [4.69, 9.17) is 9.97 Å². The third-order valence-electron chi connectivity index (χ3n) is 4.32. The number of nitrogens with zero attached hydrogens (tertiary/aromatic N) is 4. The second kappa shape index (κ2) is 6.05. The average Bonchev–Trinajstić information content (AvgIpc) is 2.87. The summed E-state index contributed by atoms with van der Waals surface area (Å²) in [5, 5.41) is 0. The average molecular weight is 428 g/mol. The largest absolute Gasteiger partial charge is 0.302 e. The number of aryl methyl sites for hydroxylation is 1. The first-order chi connectivity index (χ1) is 11.7. The molecule has 24 heavy (non-hydrogen) atoms.